The molecule has 0 amide bonds. The first-order chi connectivity index (χ1) is 18.1. The predicted molar refractivity (Wildman–Crippen MR) is 162 cm³/mol. The molecule has 0 saturated heterocycles. The zero-order valence-electron chi connectivity index (χ0n) is 21.2. The second-order valence-corrected chi connectivity index (χ2v) is 11.4. The average molecular weight is 621 g/mol. The van der Waals surface area contributed by atoms with Gasteiger partial charge < -0.3 is 4.98 Å². The molecule has 188 valence electrons. The molecule has 0 fully saturated rings. The fourth-order valence-electron chi connectivity index (χ4n) is 5.62. The van der Waals surface area contributed by atoms with Crippen LogP contribution in [-0.2, 0) is 32.4 Å². The van der Waals surface area contributed by atoms with E-state index in [-0.39, 0.29) is 0 Å². The molecular weight excluding hydrogens is 591 g/mol. The lowest BCUT2D eigenvalue weighted by atomic mass is 9.98. The van der Waals surface area contributed by atoms with Gasteiger partial charge in [0.05, 0.1) is 17.1 Å². The third-order valence-electron chi connectivity index (χ3n) is 7.52. The minimum Gasteiger partial charge on any atom is -0.361 e. The van der Waals surface area contributed by atoms with Gasteiger partial charge in [0, 0.05) is 62.9 Å². The summed E-state index contributed by atoms with van der Waals surface area (Å²) in [5.74, 6) is 0. The van der Waals surface area contributed by atoms with Crippen molar-refractivity contribution in [3.05, 3.63) is 103 Å². The number of nitrogens with zero attached hydrogens (tertiary/aromatic N) is 3. The van der Waals surface area contributed by atoms with Gasteiger partial charge in [-0.3, -0.25) is 4.90 Å². The standard InChI is InChI=1S/C31H30ClIN4/c1-3-20-6-5-7-21(4-2)30(20)37-31(23-8-11-28-22(16-23)12-14-34-28)26-19-36(15-13-29(26)35-37)18-24-17-25(33)9-10-27(24)32/h5-12,14,16-17,34H,3-4,13,15,18-19H2,1-2H3. The molecule has 2 aromatic heterocycles. The van der Waals surface area contributed by atoms with E-state index in [1.54, 1.807) is 0 Å². The Bertz CT molecular complexity index is 1580. The topological polar surface area (TPSA) is 36.9 Å². The van der Waals surface area contributed by atoms with Crippen molar-refractivity contribution in [1.82, 2.24) is 19.7 Å². The average Bonchev–Trinajstić information content (AvgIpc) is 3.54. The maximum atomic E-state index is 6.59. The quantitative estimate of drug-likeness (QED) is 0.196. The molecule has 3 aromatic carbocycles. The van der Waals surface area contributed by atoms with Crippen LogP contribution in [0.3, 0.4) is 0 Å². The van der Waals surface area contributed by atoms with Gasteiger partial charge in [0.2, 0.25) is 0 Å². The Morgan fingerprint density at radius 3 is 2.57 bits per heavy atom. The first-order valence-corrected chi connectivity index (χ1v) is 14.5. The summed E-state index contributed by atoms with van der Waals surface area (Å²) < 4.78 is 3.48. The van der Waals surface area contributed by atoms with Crippen molar-refractivity contribution in [3.8, 4) is 16.9 Å². The van der Waals surface area contributed by atoms with Gasteiger partial charge in [0.25, 0.3) is 0 Å². The molecule has 0 bridgehead atoms. The molecule has 0 saturated carbocycles. The molecule has 1 N–H and O–H groups in total. The van der Waals surface area contributed by atoms with Crippen LogP contribution >= 0.6 is 34.2 Å². The molecule has 0 aliphatic carbocycles. The number of fused-ring (bicyclic) bond motifs is 2. The van der Waals surface area contributed by atoms with Crippen molar-refractivity contribution >= 4 is 45.1 Å². The fraction of sp³-hybridized carbons (Fsp3) is 0.258. The van der Waals surface area contributed by atoms with E-state index in [2.05, 4.69) is 106 Å². The van der Waals surface area contributed by atoms with Crippen molar-refractivity contribution in [2.75, 3.05) is 6.54 Å². The van der Waals surface area contributed by atoms with Crippen LogP contribution in [0.1, 0.15) is 41.8 Å². The van der Waals surface area contributed by atoms with E-state index in [4.69, 9.17) is 16.7 Å². The van der Waals surface area contributed by atoms with E-state index in [0.717, 1.165) is 49.4 Å². The van der Waals surface area contributed by atoms with Gasteiger partial charge in [-0.2, -0.15) is 5.10 Å². The number of nitrogens with one attached hydrogen (secondary N) is 1. The number of hydrogen-bond acceptors (Lipinski definition) is 2. The summed E-state index contributed by atoms with van der Waals surface area (Å²) in [5, 5.41) is 7.37. The van der Waals surface area contributed by atoms with Gasteiger partial charge in [-0.25, -0.2) is 4.68 Å². The fourth-order valence-corrected chi connectivity index (χ4v) is 6.35. The third kappa shape index (κ3) is 4.62. The lowest BCUT2D eigenvalue weighted by molar-refractivity contribution is 0.245. The van der Waals surface area contributed by atoms with Crippen LogP contribution in [-0.4, -0.2) is 26.2 Å². The van der Waals surface area contributed by atoms with Gasteiger partial charge >= 0.3 is 0 Å². The van der Waals surface area contributed by atoms with E-state index < -0.39 is 0 Å². The summed E-state index contributed by atoms with van der Waals surface area (Å²) in [6, 6.07) is 21.8. The third-order valence-corrected chi connectivity index (χ3v) is 8.56. The van der Waals surface area contributed by atoms with Gasteiger partial charge in [-0.15, -0.1) is 0 Å². The summed E-state index contributed by atoms with van der Waals surface area (Å²) in [4.78, 5) is 5.85. The molecule has 1 aliphatic rings. The van der Waals surface area contributed by atoms with Crippen LogP contribution in [0.5, 0.6) is 0 Å². The zero-order valence-corrected chi connectivity index (χ0v) is 24.1. The van der Waals surface area contributed by atoms with E-state index in [1.165, 1.54) is 53.8 Å². The first-order valence-electron chi connectivity index (χ1n) is 13.0. The molecule has 0 unspecified atom stereocenters. The summed E-state index contributed by atoms with van der Waals surface area (Å²) in [6.45, 7) is 7.13. The molecule has 0 radical (unpaired) electrons. The number of aromatic amines is 1. The largest absolute Gasteiger partial charge is 0.361 e. The summed E-state index contributed by atoms with van der Waals surface area (Å²) in [7, 11) is 0. The van der Waals surface area contributed by atoms with Gasteiger partial charge in [0.1, 0.15) is 0 Å². The van der Waals surface area contributed by atoms with Crippen LogP contribution in [0.2, 0.25) is 5.02 Å². The summed E-state index contributed by atoms with van der Waals surface area (Å²) >= 11 is 8.95. The van der Waals surface area contributed by atoms with E-state index in [0.29, 0.717) is 0 Å². The van der Waals surface area contributed by atoms with Crippen molar-refractivity contribution in [2.24, 2.45) is 0 Å². The second kappa shape index (κ2) is 10.3. The lowest BCUT2D eigenvalue weighted by Gasteiger charge is -2.27. The van der Waals surface area contributed by atoms with Gasteiger partial charge in [-0.05, 0) is 88.5 Å². The molecule has 37 heavy (non-hydrogen) atoms. The minimum absolute atomic E-state index is 0.836. The second-order valence-electron chi connectivity index (χ2n) is 9.79. The Balaban J connectivity index is 1.50. The first kappa shape index (κ1) is 24.7. The summed E-state index contributed by atoms with van der Waals surface area (Å²) in [6.07, 6.45) is 4.89. The maximum absolute atomic E-state index is 6.59. The highest BCUT2D eigenvalue weighted by Crippen LogP contribution is 2.37. The summed E-state index contributed by atoms with van der Waals surface area (Å²) in [5.41, 5.74) is 11.2. The van der Waals surface area contributed by atoms with Crippen molar-refractivity contribution in [2.45, 2.75) is 46.2 Å². The molecule has 3 heterocycles. The Labute approximate surface area is 236 Å². The van der Waals surface area contributed by atoms with Crippen molar-refractivity contribution in [1.29, 1.82) is 0 Å². The van der Waals surface area contributed by atoms with Crippen LogP contribution in [0.4, 0.5) is 0 Å². The lowest BCUT2D eigenvalue weighted by Crippen LogP contribution is -2.30. The van der Waals surface area contributed by atoms with Crippen molar-refractivity contribution < 1.29 is 0 Å². The minimum atomic E-state index is 0.836. The van der Waals surface area contributed by atoms with Crippen LogP contribution in [0, 0.1) is 3.57 Å². The molecule has 1 aliphatic heterocycles. The normalized spacial score (nSPS) is 13.8. The Hall–Kier alpha value is -2.61. The number of para-hydroxylation sites is 1. The monoisotopic (exact) mass is 620 g/mol. The van der Waals surface area contributed by atoms with Gasteiger partial charge in [0.15, 0.2) is 0 Å². The number of H-pyrrole nitrogens is 1. The number of hydrogen-bond donors (Lipinski definition) is 1. The Morgan fingerprint density at radius 2 is 1.78 bits per heavy atom. The molecule has 6 rings (SSSR count). The number of rotatable bonds is 6. The van der Waals surface area contributed by atoms with Crippen LogP contribution in [0.25, 0.3) is 27.8 Å². The maximum Gasteiger partial charge on any atom is 0.0789 e. The Morgan fingerprint density at radius 1 is 0.973 bits per heavy atom. The highest BCUT2D eigenvalue weighted by atomic mass is 127. The number of halogens is 2. The molecule has 5 aromatic rings. The van der Waals surface area contributed by atoms with Crippen molar-refractivity contribution in [3.63, 3.8) is 0 Å². The molecular formula is C31H30ClIN4. The highest BCUT2D eigenvalue weighted by molar-refractivity contribution is 14.1. The number of aromatic nitrogens is 3. The Kier molecular flexibility index (Phi) is 6.86. The zero-order chi connectivity index (χ0) is 25.5. The van der Waals surface area contributed by atoms with Crippen LogP contribution < -0.4 is 0 Å². The van der Waals surface area contributed by atoms with E-state index in [9.17, 15) is 0 Å². The smallest absolute Gasteiger partial charge is 0.0789 e. The van der Waals surface area contributed by atoms with Crippen LogP contribution in [0.15, 0.2) is 66.9 Å². The van der Waals surface area contributed by atoms with E-state index in [1.807, 2.05) is 12.3 Å². The molecule has 0 spiro atoms. The highest BCUT2D eigenvalue weighted by Gasteiger charge is 2.28. The molecule has 0 atom stereocenters. The molecule has 4 nitrogen and oxygen atoms in total. The SMILES string of the molecule is CCc1cccc(CC)c1-n1nc2c(c1-c1ccc3[nH]ccc3c1)CN(Cc1cc(I)ccc1Cl)CC2. The van der Waals surface area contributed by atoms with E-state index >= 15 is 0 Å². The number of aryl methyl sites for hydroxylation is 2. The predicted octanol–water partition coefficient (Wildman–Crippen LogP) is 7.96. The number of benzene rings is 3. The molecule has 6 heteroatoms. The van der Waals surface area contributed by atoms with Gasteiger partial charge in [-0.1, -0.05) is 49.7 Å².